The minimum absolute atomic E-state index is 0.0502. The zero-order valence-corrected chi connectivity index (χ0v) is 18.1. The summed E-state index contributed by atoms with van der Waals surface area (Å²) in [5.74, 6) is -0.188. The summed E-state index contributed by atoms with van der Waals surface area (Å²) >= 11 is 0. The van der Waals surface area contributed by atoms with Crippen LogP contribution in [0.15, 0.2) is 83.8 Å². The van der Waals surface area contributed by atoms with Gasteiger partial charge in [-0.25, -0.2) is 8.42 Å². The number of ketones is 1. The molecule has 31 heavy (non-hydrogen) atoms. The van der Waals surface area contributed by atoms with Crippen LogP contribution in [0.3, 0.4) is 0 Å². The summed E-state index contributed by atoms with van der Waals surface area (Å²) in [6.45, 7) is 3.95. The second-order valence-corrected chi connectivity index (χ2v) is 8.97. The molecule has 1 unspecified atom stereocenters. The SMILES string of the molecule is CC(=O)c1ccc(S(=O)(=O)Nc2ccc(C(=O)NCC(C)c3ccccc3)cc2)cc1. The highest BCUT2D eigenvalue weighted by Gasteiger charge is 2.15. The maximum atomic E-state index is 12.5. The molecule has 1 amide bonds. The van der Waals surface area contributed by atoms with Gasteiger partial charge >= 0.3 is 0 Å². The van der Waals surface area contributed by atoms with E-state index >= 15 is 0 Å². The van der Waals surface area contributed by atoms with Crippen molar-refractivity contribution in [2.24, 2.45) is 0 Å². The maximum Gasteiger partial charge on any atom is 0.261 e. The molecule has 160 valence electrons. The Hall–Kier alpha value is -3.45. The summed E-state index contributed by atoms with van der Waals surface area (Å²) in [4.78, 5) is 23.8. The quantitative estimate of drug-likeness (QED) is 0.517. The first-order chi connectivity index (χ1) is 14.8. The first-order valence-electron chi connectivity index (χ1n) is 9.83. The summed E-state index contributed by atoms with van der Waals surface area (Å²) in [5, 5.41) is 2.90. The van der Waals surface area contributed by atoms with Gasteiger partial charge in [-0.05, 0) is 54.8 Å². The number of amides is 1. The highest BCUT2D eigenvalue weighted by Crippen LogP contribution is 2.18. The van der Waals surface area contributed by atoms with Gasteiger partial charge in [-0.1, -0.05) is 49.4 Å². The third-order valence-electron chi connectivity index (χ3n) is 4.91. The molecule has 0 bridgehead atoms. The average molecular weight is 437 g/mol. The molecule has 0 aromatic heterocycles. The normalized spacial score (nSPS) is 12.1. The molecule has 0 spiro atoms. The van der Waals surface area contributed by atoms with Crippen molar-refractivity contribution in [3.63, 3.8) is 0 Å². The predicted molar refractivity (Wildman–Crippen MR) is 121 cm³/mol. The number of rotatable bonds is 8. The van der Waals surface area contributed by atoms with Gasteiger partial charge in [0, 0.05) is 23.4 Å². The van der Waals surface area contributed by atoms with Gasteiger partial charge in [-0.2, -0.15) is 0 Å². The van der Waals surface area contributed by atoms with Crippen molar-refractivity contribution >= 4 is 27.4 Å². The first kappa shape index (κ1) is 22.2. The van der Waals surface area contributed by atoms with Gasteiger partial charge in [0.2, 0.25) is 0 Å². The van der Waals surface area contributed by atoms with Crippen molar-refractivity contribution in [1.82, 2.24) is 5.32 Å². The Kier molecular flexibility index (Phi) is 6.87. The molecular weight excluding hydrogens is 412 g/mol. The summed E-state index contributed by atoms with van der Waals surface area (Å²) in [6.07, 6.45) is 0. The van der Waals surface area contributed by atoms with E-state index < -0.39 is 10.0 Å². The van der Waals surface area contributed by atoms with Gasteiger partial charge < -0.3 is 5.32 Å². The lowest BCUT2D eigenvalue weighted by atomic mass is 10.0. The third kappa shape index (κ3) is 5.79. The largest absolute Gasteiger partial charge is 0.351 e. The molecule has 0 aliphatic rings. The molecule has 7 heteroatoms. The Morgan fingerprint density at radius 2 is 1.42 bits per heavy atom. The number of anilines is 1. The molecule has 0 heterocycles. The number of nitrogens with one attached hydrogen (secondary N) is 2. The molecule has 0 saturated carbocycles. The Balaban J connectivity index is 1.61. The summed E-state index contributed by atoms with van der Waals surface area (Å²) in [6, 6.07) is 21.8. The summed E-state index contributed by atoms with van der Waals surface area (Å²) in [7, 11) is -3.80. The molecule has 0 radical (unpaired) electrons. The summed E-state index contributed by atoms with van der Waals surface area (Å²) in [5.41, 5.74) is 2.36. The van der Waals surface area contributed by atoms with Crippen LogP contribution in [-0.2, 0) is 10.0 Å². The number of carbonyl (C=O) groups excluding carboxylic acids is 2. The molecule has 6 nitrogen and oxygen atoms in total. The fraction of sp³-hybridized carbons (Fsp3) is 0.167. The number of sulfonamides is 1. The third-order valence-corrected chi connectivity index (χ3v) is 6.31. The average Bonchev–Trinajstić information content (AvgIpc) is 2.78. The van der Waals surface area contributed by atoms with Crippen molar-refractivity contribution in [2.45, 2.75) is 24.7 Å². The number of hydrogen-bond donors (Lipinski definition) is 2. The van der Waals surface area contributed by atoms with Crippen LogP contribution in [0.5, 0.6) is 0 Å². The second kappa shape index (κ2) is 9.57. The van der Waals surface area contributed by atoms with E-state index in [0.717, 1.165) is 5.56 Å². The van der Waals surface area contributed by atoms with Crippen LogP contribution in [-0.4, -0.2) is 26.7 Å². The van der Waals surface area contributed by atoms with Crippen LogP contribution in [0.4, 0.5) is 5.69 Å². The Labute approximate surface area is 182 Å². The van der Waals surface area contributed by atoms with E-state index in [0.29, 0.717) is 23.4 Å². The molecule has 0 fully saturated rings. The van der Waals surface area contributed by atoms with E-state index in [4.69, 9.17) is 0 Å². The fourth-order valence-corrected chi connectivity index (χ4v) is 4.08. The monoisotopic (exact) mass is 436 g/mol. The topological polar surface area (TPSA) is 92.3 Å². The Morgan fingerprint density at radius 3 is 2.00 bits per heavy atom. The van der Waals surface area contributed by atoms with Crippen LogP contribution in [0, 0.1) is 0 Å². The van der Waals surface area contributed by atoms with Gasteiger partial charge in [0.25, 0.3) is 15.9 Å². The van der Waals surface area contributed by atoms with Crippen molar-refractivity contribution < 1.29 is 18.0 Å². The van der Waals surface area contributed by atoms with E-state index in [1.165, 1.54) is 43.3 Å². The minimum Gasteiger partial charge on any atom is -0.351 e. The van der Waals surface area contributed by atoms with Crippen LogP contribution < -0.4 is 10.0 Å². The van der Waals surface area contributed by atoms with Crippen LogP contribution >= 0.6 is 0 Å². The van der Waals surface area contributed by atoms with E-state index in [1.807, 2.05) is 37.3 Å². The Bertz CT molecular complexity index is 1160. The van der Waals surface area contributed by atoms with Gasteiger partial charge in [-0.15, -0.1) is 0 Å². The minimum atomic E-state index is -3.80. The number of carbonyl (C=O) groups is 2. The lowest BCUT2D eigenvalue weighted by Gasteiger charge is -2.13. The van der Waals surface area contributed by atoms with Crippen LogP contribution in [0.2, 0.25) is 0 Å². The van der Waals surface area contributed by atoms with E-state index in [9.17, 15) is 18.0 Å². The second-order valence-electron chi connectivity index (χ2n) is 7.29. The predicted octanol–water partition coefficient (Wildman–Crippen LogP) is 4.22. The smallest absolute Gasteiger partial charge is 0.261 e. The number of Topliss-reactive ketones (excluding diaryl/α,β-unsaturated/α-hetero) is 1. The van der Waals surface area contributed by atoms with Gasteiger partial charge in [-0.3, -0.25) is 14.3 Å². The highest BCUT2D eigenvalue weighted by atomic mass is 32.2. The van der Waals surface area contributed by atoms with E-state index in [-0.39, 0.29) is 22.5 Å². The maximum absolute atomic E-state index is 12.5. The zero-order chi connectivity index (χ0) is 22.4. The molecule has 3 rings (SSSR count). The van der Waals surface area contributed by atoms with Crippen molar-refractivity contribution in [1.29, 1.82) is 0 Å². The molecular formula is C24H24N2O4S. The molecule has 3 aromatic carbocycles. The first-order valence-corrected chi connectivity index (χ1v) is 11.3. The standard InChI is InChI=1S/C24H24N2O4S/c1-17(19-6-4-3-5-7-19)16-25-24(28)21-8-12-22(13-9-21)26-31(29,30)23-14-10-20(11-15-23)18(2)27/h3-15,17,26H,16H2,1-2H3,(H,25,28). The molecule has 0 aliphatic carbocycles. The molecule has 0 saturated heterocycles. The van der Waals surface area contributed by atoms with Gasteiger partial charge in [0.15, 0.2) is 5.78 Å². The zero-order valence-electron chi connectivity index (χ0n) is 17.3. The van der Waals surface area contributed by atoms with Crippen molar-refractivity contribution in [3.05, 3.63) is 95.6 Å². The van der Waals surface area contributed by atoms with E-state index in [1.54, 1.807) is 12.1 Å². The Morgan fingerprint density at radius 1 is 0.839 bits per heavy atom. The molecule has 2 N–H and O–H groups in total. The number of hydrogen-bond acceptors (Lipinski definition) is 4. The lowest BCUT2D eigenvalue weighted by molar-refractivity contribution is 0.0950. The van der Waals surface area contributed by atoms with Gasteiger partial charge in [0.1, 0.15) is 0 Å². The van der Waals surface area contributed by atoms with Crippen molar-refractivity contribution in [2.75, 3.05) is 11.3 Å². The number of benzene rings is 3. The van der Waals surface area contributed by atoms with Crippen LogP contribution in [0.25, 0.3) is 0 Å². The summed E-state index contributed by atoms with van der Waals surface area (Å²) < 4.78 is 27.6. The van der Waals surface area contributed by atoms with Crippen molar-refractivity contribution in [3.8, 4) is 0 Å². The molecule has 3 aromatic rings. The molecule has 1 atom stereocenters. The van der Waals surface area contributed by atoms with Crippen LogP contribution in [0.1, 0.15) is 46.0 Å². The van der Waals surface area contributed by atoms with Gasteiger partial charge in [0.05, 0.1) is 4.90 Å². The van der Waals surface area contributed by atoms with E-state index in [2.05, 4.69) is 10.0 Å². The lowest BCUT2D eigenvalue weighted by Crippen LogP contribution is -2.27. The molecule has 0 aliphatic heterocycles. The fourth-order valence-electron chi connectivity index (χ4n) is 3.02. The highest BCUT2D eigenvalue weighted by molar-refractivity contribution is 7.92.